The van der Waals surface area contributed by atoms with Gasteiger partial charge in [-0.25, -0.2) is 0 Å². The Morgan fingerprint density at radius 2 is 2.32 bits per heavy atom. The molecule has 1 amide bonds. The number of nitro groups is 1. The van der Waals surface area contributed by atoms with Crippen molar-refractivity contribution in [2.45, 2.75) is 38.7 Å². The molecule has 138 valence electrons. The number of aliphatic hydroxyl groups excluding tert-OH is 1. The van der Waals surface area contributed by atoms with E-state index in [0.29, 0.717) is 25.2 Å². The minimum atomic E-state index is -0.804. The molecule has 1 aliphatic heterocycles. The molecule has 1 aromatic rings. The maximum Gasteiger partial charge on any atom is 0.269 e. The molecular weight excluding hydrogens is 322 g/mol. The molecule has 2 N–H and O–H groups in total. The van der Waals surface area contributed by atoms with E-state index in [1.807, 2.05) is 0 Å². The number of aliphatic hydroxyl groups is 1. The lowest BCUT2D eigenvalue weighted by Crippen LogP contribution is -2.44. The summed E-state index contributed by atoms with van der Waals surface area (Å²) in [5.41, 5.74) is 0.507. The molecule has 0 radical (unpaired) electrons. The molecule has 0 aromatic heterocycles. The van der Waals surface area contributed by atoms with Crippen LogP contribution < -0.4 is 5.32 Å². The van der Waals surface area contributed by atoms with Crippen molar-refractivity contribution in [2.24, 2.45) is 5.92 Å². The first-order chi connectivity index (χ1) is 12.0. The summed E-state index contributed by atoms with van der Waals surface area (Å²) in [7, 11) is 0. The molecule has 0 aliphatic carbocycles. The van der Waals surface area contributed by atoms with Crippen LogP contribution in [-0.4, -0.2) is 47.0 Å². The standard InChI is InChI=1S/C18H27N3O4/c1-2-3-9-19-18(23)15-7-5-10-20(12-15)13-17(22)14-6-4-8-16(11-14)21(24)25/h4,6,8,11,15,17,22H,2-3,5,7,9-10,12-13H2,1H3,(H,19,23). The SMILES string of the molecule is CCCCNC(=O)C1CCCN(CC(O)c2cccc([N+](=O)[O-])c2)C1. The summed E-state index contributed by atoms with van der Waals surface area (Å²) in [5, 5.41) is 24.2. The highest BCUT2D eigenvalue weighted by Gasteiger charge is 2.27. The number of nitro benzene ring substituents is 1. The van der Waals surface area contributed by atoms with E-state index in [1.54, 1.807) is 12.1 Å². The number of piperidine rings is 1. The Morgan fingerprint density at radius 3 is 3.04 bits per heavy atom. The monoisotopic (exact) mass is 349 g/mol. The van der Waals surface area contributed by atoms with Crippen LogP contribution in [-0.2, 0) is 4.79 Å². The highest BCUT2D eigenvalue weighted by Crippen LogP contribution is 2.23. The molecule has 7 heteroatoms. The maximum atomic E-state index is 12.2. The van der Waals surface area contributed by atoms with Gasteiger partial charge in [0.2, 0.25) is 5.91 Å². The van der Waals surface area contributed by atoms with Crippen molar-refractivity contribution < 1.29 is 14.8 Å². The summed E-state index contributed by atoms with van der Waals surface area (Å²) < 4.78 is 0. The quantitative estimate of drug-likeness (QED) is 0.426. The fraction of sp³-hybridized carbons (Fsp3) is 0.611. The molecule has 0 bridgehead atoms. The van der Waals surface area contributed by atoms with Crippen LogP contribution in [0.15, 0.2) is 24.3 Å². The predicted octanol–water partition coefficient (Wildman–Crippen LogP) is 2.26. The number of hydrogen-bond donors (Lipinski definition) is 2. The number of unbranched alkanes of at least 4 members (excludes halogenated alkanes) is 1. The number of carbonyl (C=O) groups is 1. The van der Waals surface area contributed by atoms with Crippen LogP contribution in [0.5, 0.6) is 0 Å². The van der Waals surface area contributed by atoms with E-state index >= 15 is 0 Å². The molecule has 2 atom stereocenters. The molecule has 2 rings (SSSR count). The van der Waals surface area contributed by atoms with Crippen molar-refractivity contribution in [1.29, 1.82) is 0 Å². The Labute approximate surface area is 148 Å². The number of carbonyl (C=O) groups excluding carboxylic acids is 1. The Balaban J connectivity index is 1.90. The van der Waals surface area contributed by atoms with Gasteiger partial charge in [0.05, 0.1) is 16.9 Å². The van der Waals surface area contributed by atoms with E-state index in [-0.39, 0.29) is 17.5 Å². The van der Waals surface area contributed by atoms with Crippen molar-refractivity contribution in [3.63, 3.8) is 0 Å². The van der Waals surface area contributed by atoms with Crippen LogP contribution in [0.4, 0.5) is 5.69 Å². The summed E-state index contributed by atoms with van der Waals surface area (Å²) in [4.78, 5) is 24.7. The summed E-state index contributed by atoms with van der Waals surface area (Å²) >= 11 is 0. The molecule has 0 saturated carbocycles. The van der Waals surface area contributed by atoms with Crippen molar-refractivity contribution in [2.75, 3.05) is 26.2 Å². The van der Waals surface area contributed by atoms with Crippen LogP contribution in [0.25, 0.3) is 0 Å². The van der Waals surface area contributed by atoms with Gasteiger partial charge in [-0.05, 0) is 31.4 Å². The number of hydrogen-bond acceptors (Lipinski definition) is 5. The number of benzene rings is 1. The first-order valence-corrected chi connectivity index (χ1v) is 8.93. The average molecular weight is 349 g/mol. The lowest BCUT2D eigenvalue weighted by molar-refractivity contribution is -0.385. The zero-order chi connectivity index (χ0) is 18.2. The molecule has 25 heavy (non-hydrogen) atoms. The van der Waals surface area contributed by atoms with Gasteiger partial charge < -0.3 is 10.4 Å². The zero-order valence-electron chi connectivity index (χ0n) is 14.7. The van der Waals surface area contributed by atoms with E-state index in [2.05, 4.69) is 17.1 Å². The highest BCUT2D eigenvalue weighted by atomic mass is 16.6. The second-order valence-electron chi connectivity index (χ2n) is 6.61. The van der Waals surface area contributed by atoms with Crippen molar-refractivity contribution in [1.82, 2.24) is 10.2 Å². The summed E-state index contributed by atoms with van der Waals surface area (Å²) in [6.45, 7) is 4.61. The van der Waals surface area contributed by atoms with E-state index < -0.39 is 11.0 Å². The van der Waals surface area contributed by atoms with Crippen LogP contribution in [0.3, 0.4) is 0 Å². The zero-order valence-corrected chi connectivity index (χ0v) is 14.7. The van der Waals surface area contributed by atoms with E-state index in [1.165, 1.54) is 12.1 Å². The van der Waals surface area contributed by atoms with Crippen molar-refractivity contribution >= 4 is 11.6 Å². The van der Waals surface area contributed by atoms with Crippen LogP contribution in [0.2, 0.25) is 0 Å². The first kappa shape index (κ1) is 19.3. The Morgan fingerprint density at radius 1 is 1.52 bits per heavy atom. The summed E-state index contributed by atoms with van der Waals surface area (Å²) in [5.74, 6) is 0.0332. The third-order valence-electron chi connectivity index (χ3n) is 4.60. The highest BCUT2D eigenvalue weighted by molar-refractivity contribution is 5.78. The number of nitrogens with one attached hydrogen (secondary N) is 1. The number of β-amino-alcohol motifs (C(OH)–C–C–N with tert-alkyl or cyclic N) is 1. The second-order valence-corrected chi connectivity index (χ2v) is 6.61. The molecule has 1 saturated heterocycles. The van der Waals surface area contributed by atoms with E-state index in [4.69, 9.17) is 0 Å². The van der Waals surface area contributed by atoms with Gasteiger partial charge >= 0.3 is 0 Å². The Bertz CT molecular complexity index is 593. The second kappa shape index (κ2) is 9.48. The van der Waals surface area contributed by atoms with Gasteiger partial charge in [0.15, 0.2) is 0 Å². The minimum absolute atomic E-state index is 0.0247. The number of non-ortho nitro benzene ring substituents is 1. The topological polar surface area (TPSA) is 95.7 Å². The minimum Gasteiger partial charge on any atom is -0.387 e. The normalized spacial score (nSPS) is 19.4. The largest absolute Gasteiger partial charge is 0.387 e. The van der Waals surface area contributed by atoms with Crippen molar-refractivity contribution in [3.8, 4) is 0 Å². The fourth-order valence-corrected chi connectivity index (χ4v) is 3.16. The molecule has 1 aromatic carbocycles. The van der Waals surface area contributed by atoms with E-state index in [0.717, 1.165) is 32.2 Å². The Kier molecular flexibility index (Phi) is 7.33. The molecule has 1 fully saturated rings. The number of amides is 1. The number of rotatable bonds is 8. The fourth-order valence-electron chi connectivity index (χ4n) is 3.16. The van der Waals surface area contributed by atoms with Gasteiger partial charge in [-0.15, -0.1) is 0 Å². The van der Waals surface area contributed by atoms with E-state index in [9.17, 15) is 20.0 Å². The van der Waals surface area contributed by atoms with Gasteiger partial charge in [0, 0.05) is 31.8 Å². The third kappa shape index (κ3) is 5.79. The predicted molar refractivity (Wildman–Crippen MR) is 95.1 cm³/mol. The van der Waals surface area contributed by atoms with Gasteiger partial charge in [0.25, 0.3) is 5.69 Å². The number of nitrogens with zero attached hydrogens (tertiary/aromatic N) is 2. The van der Waals surface area contributed by atoms with Crippen LogP contribution >= 0.6 is 0 Å². The van der Waals surface area contributed by atoms with Gasteiger partial charge in [-0.3, -0.25) is 19.8 Å². The van der Waals surface area contributed by atoms with Crippen LogP contribution in [0.1, 0.15) is 44.3 Å². The number of likely N-dealkylation sites (tertiary alicyclic amines) is 1. The maximum absolute atomic E-state index is 12.2. The molecule has 1 aliphatic rings. The third-order valence-corrected chi connectivity index (χ3v) is 4.60. The van der Waals surface area contributed by atoms with Crippen molar-refractivity contribution in [3.05, 3.63) is 39.9 Å². The lowest BCUT2D eigenvalue weighted by atomic mass is 9.96. The summed E-state index contributed by atoms with van der Waals surface area (Å²) in [6.07, 6.45) is 3.00. The average Bonchev–Trinajstić information content (AvgIpc) is 2.62. The molecule has 1 heterocycles. The smallest absolute Gasteiger partial charge is 0.269 e. The molecule has 7 nitrogen and oxygen atoms in total. The first-order valence-electron chi connectivity index (χ1n) is 8.93. The van der Waals surface area contributed by atoms with Crippen LogP contribution in [0, 0.1) is 16.0 Å². The molecular formula is C18H27N3O4. The Hall–Kier alpha value is -1.99. The lowest BCUT2D eigenvalue weighted by Gasteiger charge is -2.33. The molecule has 0 spiro atoms. The van der Waals surface area contributed by atoms with Gasteiger partial charge in [-0.1, -0.05) is 25.5 Å². The van der Waals surface area contributed by atoms with Gasteiger partial charge in [-0.2, -0.15) is 0 Å². The van der Waals surface area contributed by atoms with Gasteiger partial charge in [0.1, 0.15) is 0 Å². The summed E-state index contributed by atoms with van der Waals surface area (Å²) in [6, 6.07) is 6.09. The molecule has 2 unspecified atom stereocenters.